The largest absolute Gasteiger partial charge is 1.00 e. The first kappa shape index (κ1) is 36.1. The third-order valence-corrected chi connectivity index (χ3v) is 30.0. The Morgan fingerprint density at radius 2 is 0.936 bits per heavy atom. The van der Waals surface area contributed by atoms with Crippen molar-refractivity contribution in [3.63, 3.8) is 0 Å². The van der Waals surface area contributed by atoms with E-state index in [9.17, 15) is 0 Å². The maximum absolute atomic E-state index is 2.97. The van der Waals surface area contributed by atoms with E-state index in [1.165, 1.54) is 65.7 Å². The van der Waals surface area contributed by atoms with Crippen molar-refractivity contribution >= 4 is 12.2 Å². The van der Waals surface area contributed by atoms with Gasteiger partial charge in [-0.05, 0) is 0 Å². The summed E-state index contributed by atoms with van der Waals surface area (Å²) < 4.78 is 4.45. The number of rotatable bonds is 10. The third-order valence-electron chi connectivity index (χ3n) is 10.9. The average Bonchev–Trinajstić information content (AvgIpc) is 3.60. The van der Waals surface area contributed by atoms with Crippen LogP contribution in [0.25, 0.3) is 34.4 Å². The number of benzene rings is 4. The minimum absolute atomic E-state index is 0. The van der Waals surface area contributed by atoms with Crippen LogP contribution in [0, 0.1) is 11.8 Å². The summed E-state index contributed by atoms with van der Waals surface area (Å²) in [5, 5.41) is 0. The van der Waals surface area contributed by atoms with Crippen LogP contribution in [0.5, 0.6) is 0 Å². The van der Waals surface area contributed by atoms with Gasteiger partial charge in [-0.1, -0.05) is 0 Å². The fourth-order valence-corrected chi connectivity index (χ4v) is 36.7. The molecule has 3 heteroatoms. The predicted molar refractivity (Wildman–Crippen MR) is 192 cm³/mol. The van der Waals surface area contributed by atoms with Crippen molar-refractivity contribution in [1.29, 1.82) is 0 Å². The fourth-order valence-electron chi connectivity index (χ4n) is 8.81. The van der Waals surface area contributed by atoms with Crippen LogP contribution in [-0.4, -0.2) is 0 Å². The molecule has 1 heterocycles. The molecule has 244 valence electrons. The molecule has 0 radical (unpaired) electrons. The summed E-state index contributed by atoms with van der Waals surface area (Å²) in [5.41, 5.74) is 18.4. The van der Waals surface area contributed by atoms with Crippen molar-refractivity contribution in [1.82, 2.24) is 0 Å². The molecule has 0 amide bonds. The molecule has 0 saturated carbocycles. The number of hydrogen-bond acceptors (Lipinski definition) is 0. The molecule has 4 aromatic carbocycles. The van der Waals surface area contributed by atoms with E-state index < -0.39 is 20.0 Å². The Hall–Kier alpha value is -2.19. The summed E-state index contributed by atoms with van der Waals surface area (Å²) in [6.07, 6.45) is 9.98. The number of fused-ring (bicyclic) bond motifs is 2. The van der Waals surface area contributed by atoms with Crippen LogP contribution in [0.1, 0.15) is 95.1 Å². The minimum atomic E-state index is -2.97. The first-order chi connectivity index (χ1) is 21.8. The van der Waals surface area contributed by atoms with Crippen LogP contribution in [0.2, 0.25) is 8.35 Å². The molecule has 7 rings (SSSR count). The van der Waals surface area contributed by atoms with Crippen LogP contribution in [0.15, 0.2) is 96.1 Å². The summed E-state index contributed by atoms with van der Waals surface area (Å²) in [6, 6.07) is 33.3. The zero-order chi connectivity index (χ0) is 31.3. The summed E-state index contributed by atoms with van der Waals surface area (Å²) >= 11 is -2.97. The SMILES string of the molecule is CCc1ccc(-c2cccc3c2C=C(CC(C)C)[CH]3[Hf+2]2([CH]3C(CC(C)C)=Cc4c(-c5ccc(CC)cc5)cccc43)[CH2][CH2]2)cc1.[Cl-].[Cl-]. The molecule has 2 atom stereocenters. The van der Waals surface area contributed by atoms with Gasteiger partial charge in [-0.2, -0.15) is 0 Å². The summed E-state index contributed by atoms with van der Waals surface area (Å²) in [7, 11) is 0. The van der Waals surface area contributed by atoms with Gasteiger partial charge in [0.1, 0.15) is 0 Å². The van der Waals surface area contributed by atoms with E-state index >= 15 is 0 Å². The quantitative estimate of drug-likeness (QED) is 0.154. The van der Waals surface area contributed by atoms with E-state index in [0.717, 1.165) is 12.8 Å². The first-order valence-corrected chi connectivity index (χ1v) is 26.9. The average molecular weight is 828 g/mol. The van der Waals surface area contributed by atoms with E-state index in [1.807, 2.05) is 0 Å². The standard InChI is InChI=1S/2C21H23.C2H4.2ClH.Hf/c2*1-4-16-8-10-18(11-9-16)20-7-5-6-19-13-17(12-15(2)3)14-21(19)20;1-2;;;/h2*5-11,13-15H,4,12H2,1-3H3;1-2H2;2*1H;/q;;;;;+2/p-2. The van der Waals surface area contributed by atoms with E-state index in [2.05, 4.69) is 139 Å². The molecule has 0 aromatic heterocycles. The monoisotopic (exact) mass is 828 g/mol. The Balaban J connectivity index is 0.00000217. The number of hydrogen-bond donors (Lipinski definition) is 0. The predicted octanol–water partition coefficient (Wildman–Crippen LogP) is 6.83. The normalized spacial score (nSPS) is 18.0. The molecule has 47 heavy (non-hydrogen) atoms. The zero-order valence-electron chi connectivity index (χ0n) is 29.0. The van der Waals surface area contributed by atoms with Gasteiger partial charge in [0.2, 0.25) is 0 Å². The van der Waals surface area contributed by atoms with Crippen LogP contribution >= 0.6 is 0 Å². The Morgan fingerprint density at radius 1 is 0.553 bits per heavy atom. The van der Waals surface area contributed by atoms with E-state index in [4.69, 9.17) is 0 Å². The van der Waals surface area contributed by atoms with Gasteiger partial charge in [0.15, 0.2) is 0 Å². The molecule has 2 unspecified atom stereocenters. The number of aryl methyl sites for hydroxylation is 2. The maximum atomic E-state index is 2.68. The van der Waals surface area contributed by atoms with Gasteiger partial charge in [-0.15, -0.1) is 0 Å². The Bertz CT molecular complexity index is 1640. The topological polar surface area (TPSA) is 0 Å². The van der Waals surface area contributed by atoms with E-state index in [1.54, 1.807) is 22.3 Å². The van der Waals surface area contributed by atoms with E-state index in [-0.39, 0.29) is 24.8 Å². The molecule has 0 N–H and O–H groups in total. The molecule has 3 aliphatic rings. The maximum Gasteiger partial charge on any atom is -1.00 e. The molecule has 0 spiro atoms. The van der Waals surface area contributed by atoms with Crippen molar-refractivity contribution in [2.24, 2.45) is 11.8 Å². The van der Waals surface area contributed by atoms with Crippen LogP contribution in [0.3, 0.4) is 0 Å². The fraction of sp³-hybridized carbons (Fsp3) is 0.364. The van der Waals surface area contributed by atoms with Gasteiger partial charge in [-0.3, -0.25) is 0 Å². The second-order valence-corrected chi connectivity index (χ2v) is 31.6. The minimum Gasteiger partial charge on any atom is -1.00 e. The van der Waals surface area contributed by atoms with Crippen molar-refractivity contribution in [2.45, 2.75) is 82.9 Å². The van der Waals surface area contributed by atoms with Gasteiger partial charge in [0, 0.05) is 0 Å². The Kier molecular flexibility index (Phi) is 11.3. The van der Waals surface area contributed by atoms with Gasteiger partial charge < -0.3 is 24.8 Å². The van der Waals surface area contributed by atoms with Gasteiger partial charge in [0.05, 0.1) is 0 Å². The number of halogens is 2. The summed E-state index contributed by atoms with van der Waals surface area (Å²) in [5.74, 6) is 1.34. The molecule has 4 aromatic rings. The third kappa shape index (κ3) is 6.71. The molecule has 2 aliphatic carbocycles. The molecule has 0 nitrogen and oxygen atoms in total. The second-order valence-electron chi connectivity index (χ2n) is 15.0. The van der Waals surface area contributed by atoms with Crippen LogP contribution in [0.4, 0.5) is 0 Å². The molecule has 1 fully saturated rings. The van der Waals surface area contributed by atoms with Crippen LogP contribution in [-0.2, 0) is 32.8 Å². The van der Waals surface area contributed by atoms with Gasteiger partial charge in [-0.25, -0.2) is 0 Å². The second kappa shape index (κ2) is 14.7. The van der Waals surface area contributed by atoms with Crippen molar-refractivity contribution in [3.05, 3.63) is 129 Å². The van der Waals surface area contributed by atoms with Gasteiger partial charge >= 0.3 is 279 Å². The molecule has 1 aliphatic heterocycles. The van der Waals surface area contributed by atoms with Crippen LogP contribution < -0.4 is 24.8 Å². The van der Waals surface area contributed by atoms with Crippen molar-refractivity contribution < 1.29 is 44.8 Å². The molecule has 0 bridgehead atoms. The molecule has 1 saturated heterocycles. The summed E-state index contributed by atoms with van der Waals surface area (Å²) in [4.78, 5) is 0. The van der Waals surface area contributed by atoms with Gasteiger partial charge in [0.25, 0.3) is 0 Å². The number of allylic oxidation sites excluding steroid dienone is 2. The Morgan fingerprint density at radius 3 is 1.26 bits per heavy atom. The smallest absolute Gasteiger partial charge is 1.00 e. The first-order valence-electron chi connectivity index (χ1n) is 17.7. The molecular formula is C44H50Cl2Hf. The molecular weight excluding hydrogens is 778 g/mol. The van der Waals surface area contributed by atoms with E-state index in [0.29, 0.717) is 19.2 Å². The zero-order valence-corrected chi connectivity index (χ0v) is 34.2. The summed E-state index contributed by atoms with van der Waals surface area (Å²) in [6.45, 7) is 14.2. The van der Waals surface area contributed by atoms with Crippen molar-refractivity contribution in [2.75, 3.05) is 0 Å². The Labute approximate surface area is 301 Å². The van der Waals surface area contributed by atoms with Crippen molar-refractivity contribution in [3.8, 4) is 22.3 Å².